The van der Waals surface area contributed by atoms with E-state index in [4.69, 9.17) is 9.57 Å². The van der Waals surface area contributed by atoms with Gasteiger partial charge in [-0.05, 0) is 47.0 Å². The first-order valence-electron chi connectivity index (χ1n) is 6.52. The van der Waals surface area contributed by atoms with Gasteiger partial charge >= 0.3 is 0 Å². The molecular formula is C15H26BrNO2. The van der Waals surface area contributed by atoms with Gasteiger partial charge in [-0.2, -0.15) is 0 Å². The number of hydrogen-bond acceptors (Lipinski definition) is 3. The predicted octanol–water partition coefficient (Wildman–Crippen LogP) is 5.07. The van der Waals surface area contributed by atoms with Crippen LogP contribution < -0.4 is 4.74 Å². The van der Waals surface area contributed by atoms with Crippen LogP contribution in [-0.2, 0) is 4.84 Å². The number of hydrogen-bond donors (Lipinski definition) is 0. The number of methoxy groups -OCH3 is 1. The highest BCUT2D eigenvalue weighted by Crippen LogP contribution is 2.27. The summed E-state index contributed by atoms with van der Waals surface area (Å²) in [7, 11) is 3.16. The van der Waals surface area contributed by atoms with Gasteiger partial charge in [0.1, 0.15) is 12.9 Å². The summed E-state index contributed by atoms with van der Waals surface area (Å²) in [6.45, 7) is 12.0. The predicted molar refractivity (Wildman–Crippen MR) is 87.6 cm³/mol. The first-order chi connectivity index (χ1) is 9.10. The van der Waals surface area contributed by atoms with E-state index in [9.17, 15) is 0 Å². The summed E-state index contributed by atoms with van der Waals surface area (Å²) in [5.41, 5.74) is 3.14. The van der Waals surface area contributed by atoms with Crippen LogP contribution in [0.2, 0.25) is 0 Å². The Kier molecular flexibility index (Phi) is 12.8. The van der Waals surface area contributed by atoms with Crippen molar-refractivity contribution in [2.24, 2.45) is 5.16 Å². The maximum absolute atomic E-state index is 5.33. The Bertz CT molecular complexity index is 390. The molecule has 4 heteroatoms. The molecule has 0 saturated carbocycles. The maximum Gasteiger partial charge on any atom is 0.156 e. The van der Waals surface area contributed by atoms with Gasteiger partial charge in [-0.25, -0.2) is 0 Å². The van der Waals surface area contributed by atoms with E-state index in [1.165, 1.54) is 7.11 Å². The van der Waals surface area contributed by atoms with Crippen LogP contribution in [0.4, 0.5) is 0 Å². The van der Waals surface area contributed by atoms with Gasteiger partial charge in [-0.15, -0.1) is 0 Å². The highest BCUT2D eigenvalue weighted by atomic mass is 79.9. The normalized spacial score (nSPS) is 9.63. The number of ether oxygens (including phenoxy) is 1. The molecule has 1 aromatic carbocycles. The van der Waals surface area contributed by atoms with Crippen LogP contribution in [0.1, 0.15) is 44.4 Å². The monoisotopic (exact) mass is 331 g/mol. The first-order valence-corrected chi connectivity index (χ1v) is 7.31. The van der Waals surface area contributed by atoms with Gasteiger partial charge in [0.05, 0.1) is 12.7 Å². The third-order valence-electron chi connectivity index (χ3n) is 2.02. The molecule has 0 aliphatic carbocycles. The summed E-state index contributed by atoms with van der Waals surface area (Å²) in [6, 6.07) is 4.06. The lowest BCUT2D eigenvalue weighted by atomic mass is 10.1. The van der Waals surface area contributed by atoms with E-state index in [1.807, 2.05) is 47.6 Å². The maximum atomic E-state index is 5.33. The van der Waals surface area contributed by atoms with Crippen LogP contribution in [0, 0.1) is 13.8 Å². The lowest BCUT2D eigenvalue weighted by Crippen LogP contribution is -2.00. The molecule has 0 amide bonds. The van der Waals surface area contributed by atoms with Crippen molar-refractivity contribution in [2.45, 2.75) is 41.5 Å². The fourth-order valence-corrected chi connectivity index (χ4v) is 1.95. The fraction of sp³-hybridized carbons (Fsp3) is 0.533. The van der Waals surface area contributed by atoms with Gasteiger partial charge in [0.25, 0.3) is 0 Å². The topological polar surface area (TPSA) is 30.8 Å². The summed E-state index contributed by atoms with van der Waals surface area (Å²) < 4.78 is 5.97. The van der Waals surface area contributed by atoms with Crippen molar-refractivity contribution < 1.29 is 9.57 Å². The second kappa shape index (κ2) is 12.0. The Morgan fingerprint density at radius 2 is 1.58 bits per heavy atom. The standard InChI is InChI=1S/C11H14BrNO2.2C2H6/c1-7-5-8(2)10(14-3)9(6-7)11(12)13-15-4;2*1-2/h5-6H,1-4H3;2*1-2H3/b13-11+;;. The summed E-state index contributed by atoms with van der Waals surface area (Å²) >= 11 is 3.35. The Morgan fingerprint density at radius 1 is 1.05 bits per heavy atom. The largest absolute Gasteiger partial charge is 0.496 e. The molecule has 0 saturated heterocycles. The van der Waals surface area contributed by atoms with Crippen molar-refractivity contribution in [3.63, 3.8) is 0 Å². The average molecular weight is 332 g/mol. The van der Waals surface area contributed by atoms with Gasteiger partial charge in [0, 0.05) is 0 Å². The number of halogens is 1. The SMILES string of the molecule is CC.CC.CO/N=C(/Br)c1cc(C)cc(C)c1OC. The van der Waals surface area contributed by atoms with Crippen molar-refractivity contribution in [3.8, 4) is 5.75 Å². The van der Waals surface area contributed by atoms with Crippen molar-refractivity contribution in [1.29, 1.82) is 0 Å². The molecule has 1 rings (SSSR count). The van der Waals surface area contributed by atoms with Crippen molar-refractivity contribution in [1.82, 2.24) is 0 Å². The molecule has 3 nitrogen and oxygen atoms in total. The van der Waals surface area contributed by atoms with Gasteiger partial charge in [0.15, 0.2) is 4.62 Å². The van der Waals surface area contributed by atoms with E-state index in [-0.39, 0.29) is 0 Å². The molecule has 0 spiro atoms. The summed E-state index contributed by atoms with van der Waals surface area (Å²) in [4.78, 5) is 4.72. The van der Waals surface area contributed by atoms with Crippen LogP contribution in [0.5, 0.6) is 5.75 Å². The second-order valence-corrected chi connectivity index (χ2v) is 3.98. The van der Waals surface area contributed by atoms with Crippen molar-refractivity contribution in [3.05, 3.63) is 28.8 Å². The third kappa shape index (κ3) is 6.62. The molecular weight excluding hydrogens is 306 g/mol. The Balaban J connectivity index is 0. The average Bonchev–Trinajstić information content (AvgIpc) is 2.43. The van der Waals surface area contributed by atoms with Crippen LogP contribution >= 0.6 is 15.9 Å². The van der Waals surface area contributed by atoms with Gasteiger partial charge < -0.3 is 9.57 Å². The van der Waals surface area contributed by atoms with E-state index in [0.717, 1.165) is 22.4 Å². The van der Waals surface area contributed by atoms with Gasteiger partial charge in [-0.3, -0.25) is 0 Å². The Morgan fingerprint density at radius 3 is 2.00 bits per heavy atom. The lowest BCUT2D eigenvalue weighted by Gasteiger charge is -2.11. The number of oxime groups is 1. The zero-order valence-electron chi connectivity index (χ0n) is 13.3. The van der Waals surface area contributed by atoms with Crippen LogP contribution in [0.15, 0.2) is 17.3 Å². The quantitative estimate of drug-likeness (QED) is 0.572. The summed E-state index contributed by atoms with van der Waals surface area (Å²) in [5, 5.41) is 3.84. The zero-order chi connectivity index (χ0) is 15.4. The molecule has 0 unspecified atom stereocenters. The highest BCUT2D eigenvalue weighted by Gasteiger charge is 2.11. The smallest absolute Gasteiger partial charge is 0.156 e. The zero-order valence-corrected chi connectivity index (χ0v) is 14.9. The molecule has 0 aliphatic rings. The molecule has 0 aromatic heterocycles. The molecule has 0 aliphatic heterocycles. The second-order valence-electron chi connectivity index (χ2n) is 3.23. The van der Waals surface area contributed by atoms with Crippen LogP contribution in [-0.4, -0.2) is 18.8 Å². The molecule has 0 heterocycles. The number of aryl methyl sites for hydroxylation is 2. The third-order valence-corrected chi connectivity index (χ3v) is 2.59. The summed E-state index contributed by atoms with van der Waals surface area (Å²) in [6.07, 6.45) is 0. The minimum absolute atomic E-state index is 0.633. The minimum atomic E-state index is 0.633. The van der Waals surface area contributed by atoms with Crippen molar-refractivity contribution >= 4 is 20.6 Å². The van der Waals surface area contributed by atoms with E-state index < -0.39 is 0 Å². The molecule has 0 bridgehead atoms. The molecule has 0 N–H and O–H groups in total. The van der Waals surface area contributed by atoms with E-state index in [2.05, 4.69) is 27.2 Å². The Labute approximate surface area is 126 Å². The first kappa shape index (κ1) is 20.3. The van der Waals surface area contributed by atoms with Gasteiger partial charge in [0.2, 0.25) is 0 Å². The molecule has 0 radical (unpaired) electrons. The number of benzene rings is 1. The number of nitrogens with zero attached hydrogens (tertiary/aromatic N) is 1. The fourth-order valence-electron chi connectivity index (χ4n) is 1.51. The number of rotatable bonds is 3. The molecule has 19 heavy (non-hydrogen) atoms. The van der Waals surface area contributed by atoms with E-state index >= 15 is 0 Å². The van der Waals surface area contributed by atoms with E-state index in [0.29, 0.717) is 4.62 Å². The van der Waals surface area contributed by atoms with E-state index in [1.54, 1.807) is 7.11 Å². The minimum Gasteiger partial charge on any atom is -0.496 e. The van der Waals surface area contributed by atoms with Crippen LogP contribution in [0.3, 0.4) is 0 Å². The molecule has 0 atom stereocenters. The Hall–Kier alpha value is -1.03. The molecule has 0 fully saturated rings. The lowest BCUT2D eigenvalue weighted by molar-refractivity contribution is 0.215. The molecule has 110 valence electrons. The summed E-state index contributed by atoms with van der Waals surface area (Å²) in [5.74, 6) is 0.813. The van der Waals surface area contributed by atoms with Crippen LogP contribution in [0.25, 0.3) is 0 Å². The van der Waals surface area contributed by atoms with Gasteiger partial charge in [-0.1, -0.05) is 38.9 Å². The van der Waals surface area contributed by atoms with Crippen molar-refractivity contribution in [2.75, 3.05) is 14.2 Å². The molecule has 1 aromatic rings. The highest BCUT2D eigenvalue weighted by molar-refractivity contribution is 9.18.